The van der Waals surface area contributed by atoms with Crippen LogP contribution in [0.4, 0.5) is 0 Å². The number of phosphoric ester groups is 1. The van der Waals surface area contributed by atoms with Crippen molar-refractivity contribution >= 4 is 13.7 Å². The van der Waals surface area contributed by atoms with Crippen molar-refractivity contribution < 1.29 is 32.9 Å². The Balaban J connectivity index is 4.23. The summed E-state index contributed by atoms with van der Waals surface area (Å²) in [5.74, 6) is -0.204. The average molecular weight is 1170 g/mol. The number of carbonyl (C=O) groups excluding carboxylic acids is 1. The second-order valence-electron chi connectivity index (χ2n) is 23.8. The fraction of sp³-hybridized carbons (Fsp3) is 0.689. The molecule has 0 rings (SSSR count). The number of allylic oxidation sites excluding steroid dienone is 21. The summed E-state index contributed by atoms with van der Waals surface area (Å²) < 4.78 is 23.8. The topological polar surface area (TPSA) is 105 Å². The zero-order chi connectivity index (χ0) is 60.5. The Morgan fingerprint density at radius 1 is 0.422 bits per heavy atom. The first-order valence-electron chi connectivity index (χ1n) is 34.1. The summed E-state index contributed by atoms with van der Waals surface area (Å²) in [7, 11) is 1.54. The molecule has 0 aromatic rings. The van der Waals surface area contributed by atoms with Crippen LogP contribution in [0.1, 0.15) is 277 Å². The summed E-state index contributed by atoms with van der Waals surface area (Å²) in [5.41, 5.74) is 0. The number of hydrogen-bond donors (Lipinski definition) is 3. The number of nitrogens with zero attached hydrogens (tertiary/aromatic N) is 1. The van der Waals surface area contributed by atoms with E-state index in [1.54, 1.807) is 6.08 Å². The van der Waals surface area contributed by atoms with Crippen molar-refractivity contribution in [2.75, 3.05) is 40.9 Å². The summed E-state index contributed by atoms with van der Waals surface area (Å²) in [6, 6.07) is -0.872. The zero-order valence-corrected chi connectivity index (χ0v) is 55.3. The molecule has 0 aliphatic heterocycles. The van der Waals surface area contributed by atoms with Crippen molar-refractivity contribution in [3.8, 4) is 0 Å². The van der Waals surface area contributed by atoms with Crippen molar-refractivity contribution in [2.45, 2.75) is 289 Å². The summed E-state index contributed by atoms with van der Waals surface area (Å²) in [4.78, 5) is 23.4. The Kier molecular flexibility index (Phi) is 60.6. The van der Waals surface area contributed by atoms with Gasteiger partial charge in [-0.05, 0) is 96.3 Å². The quantitative estimate of drug-likeness (QED) is 0.0243. The van der Waals surface area contributed by atoms with E-state index in [0.717, 1.165) is 116 Å². The number of phosphoric acid groups is 1. The first-order valence-corrected chi connectivity index (χ1v) is 35.6. The van der Waals surface area contributed by atoms with Crippen LogP contribution in [0.25, 0.3) is 0 Å². The lowest BCUT2D eigenvalue weighted by Crippen LogP contribution is -2.45. The largest absolute Gasteiger partial charge is 0.472 e. The second kappa shape index (κ2) is 63.2. The van der Waals surface area contributed by atoms with Gasteiger partial charge in [0, 0.05) is 6.42 Å². The molecule has 0 radical (unpaired) electrons. The normalized spacial score (nSPS) is 14.5. The number of amides is 1. The molecule has 9 heteroatoms. The number of unbranched alkanes of at least 4 members (excludes halogenated alkanes) is 28. The molecule has 0 bridgehead atoms. The molecule has 0 aromatic carbocycles. The first kappa shape index (κ1) is 79.6. The number of nitrogens with one attached hydrogen (secondary N) is 1. The maximum absolute atomic E-state index is 13.0. The van der Waals surface area contributed by atoms with E-state index in [9.17, 15) is 19.4 Å². The number of aliphatic hydroxyl groups is 1. The van der Waals surface area contributed by atoms with Gasteiger partial charge in [-0.25, -0.2) is 4.57 Å². The van der Waals surface area contributed by atoms with E-state index >= 15 is 0 Å². The van der Waals surface area contributed by atoms with E-state index < -0.39 is 20.0 Å². The molecule has 0 saturated heterocycles. The molecule has 8 nitrogen and oxygen atoms in total. The number of rotatable bonds is 61. The number of likely N-dealkylation sites (N-methyl/N-ethyl adjacent to an activating group) is 1. The molecule has 0 fully saturated rings. The van der Waals surface area contributed by atoms with Crippen molar-refractivity contribution in [3.63, 3.8) is 0 Å². The molecule has 476 valence electrons. The molecule has 0 aromatic heterocycles. The fourth-order valence-corrected chi connectivity index (χ4v) is 10.1. The van der Waals surface area contributed by atoms with Crippen molar-refractivity contribution in [2.24, 2.45) is 0 Å². The highest BCUT2D eigenvalue weighted by Crippen LogP contribution is 2.43. The molecule has 0 saturated carbocycles. The van der Waals surface area contributed by atoms with Crippen molar-refractivity contribution in [3.05, 3.63) is 134 Å². The molecule has 3 unspecified atom stereocenters. The summed E-state index contributed by atoms with van der Waals surface area (Å²) in [6.45, 7) is 4.69. The van der Waals surface area contributed by atoms with E-state index in [4.69, 9.17) is 9.05 Å². The van der Waals surface area contributed by atoms with Crippen LogP contribution in [0.5, 0.6) is 0 Å². The van der Waals surface area contributed by atoms with Crippen LogP contribution in [0.3, 0.4) is 0 Å². The van der Waals surface area contributed by atoms with Crippen LogP contribution in [-0.4, -0.2) is 73.4 Å². The van der Waals surface area contributed by atoms with Crippen LogP contribution in [-0.2, 0) is 18.4 Å². The molecule has 0 spiro atoms. The highest BCUT2D eigenvalue weighted by atomic mass is 31.2. The molecule has 3 atom stereocenters. The van der Waals surface area contributed by atoms with E-state index in [1.165, 1.54) is 141 Å². The Labute approximate surface area is 513 Å². The first-order chi connectivity index (χ1) is 40.5. The van der Waals surface area contributed by atoms with Gasteiger partial charge in [0.05, 0.1) is 39.9 Å². The summed E-state index contributed by atoms with van der Waals surface area (Å²) >= 11 is 0. The SMILES string of the molecule is CC/C=C\C/C=C\C/C=C\C/C=C\C/C=C\C/C=C\C/C=C\C/C=C\C/C=C\C/C=C\CCCCCCC(=O)NC(COP(=O)(O)OCC[N+](C)(C)C)C(O)/C=C/CCCCCCCCCCCCCCCCCCCCCCCCCC. The van der Waals surface area contributed by atoms with E-state index in [0.29, 0.717) is 17.4 Å². The van der Waals surface area contributed by atoms with Gasteiger partial charge in [0.15, 0.2) is 0 Å². The predicted octanol–water partition coefficient (Wildman–Crippen LogP) is 21.8. The monoisotopic (exact) mass is 1170 g/mol. The minimum atomic E-state index is -4.37. The van der Waals surface area contributed by atoms with Crippen LogP contribution in [0, 0.1) is 0 Å². The van der Waals surface area contributed by atoms with Crippen molar-refractivity contribution in [1.82, 2.24) is 5.32 Å². The molecular weight excluding hydrogens is 1040 g/mol. The Morgan fingerprint density at radius 3 is 1.06 bits per heavy atom. The molecule has 1 amide bonds. The summed E-state index contributed by atoms with van der Waals surface area (Å²) in [5, 5.41) is 14.0. The van der Waals surface area contributed by atoms with E-state index in [1.807, 2.05) is 27.2 Å². The van der Waals surface area contributed by atoms with Gasteiger partial charge in [-0.3, -0.25) is 13.8 Å². The number of carbonyl (C=O) groups is 1. The Bertz CT molecular complexity index is 1810. The Morgan fingerprint density at radius 2 is 0.723 bits per heavy atom. The van der Waals surface area contributed by atoms with Gasteiger partial charge in [-0.1, -0.05) is 308 Å². The van der Waals surface area contributed by atoms with E-state index in [-0.39, 0.29) is 19.1 Å². The third-order valence-electron chi connectivity index (χ3n) is 14.6. The second-order valence-corrected chi connectivity index (χ2v) is 25.3. The lowest BCUT2D eigenvalue weighted by atomic mass is 10.0. The zero-order valence-electron chi connectivity index (χ0n) is 54.4. The van der Waals surface area contributed by atoms with Gasteiger partial charge in [-0.2, -0.15) is 0 Å². The molecular formula is C74H130N2O6P+. The Hall–Kier alpha value is -3.36. The molecule has 0 heterocycles. The fourth-order valence-electron chi connectivity index (χ4n) is 9.37. The van der Waals surface area contributed by atoms with Crippen molar-refractivity contribution in [1.29, 1.82) is 0 Å². The van der Waals surface area contributed by atoms with E-state index in [2.05, 4.69) is 141 Å². The standard InChI is InChI=1S/C74H129N2O6P/c1-6-8-10-12-14-16-18-20-22-24-26-28-30-32-34-35-36-37-38-39-40-41-42-44-46-48-50-52-54-56-58-60-62-64-66-68-74(78)75-72(71-82-83(79,80)81-70-69-76(3,4)5)73(77)67-65-63-61-59-57-55-53-51-49-47-45-43-33-31-29-27-25-23-21-19-17-15-13-11-9-7-2/h8,10,14,16,20,22,26,28,32,34,36-37,39-40,42,44,48,50,54,56,65,67,72-73,77H,6-7,9,11-13,15,17-19,21,23-25,27,29-31,33,35,38,41,43,45-47,49,51-53,55,57-64,66,68-71H2,1-5H3,(H-,75,78,79,80)/p+1/b10-8-,16-14-,22-20-,28-26-,34-32-,37-36-,40-39-,44-42-,50-48-,56-54-,67-65+. The number of hydrogen-bond acceptors (Lipinski definition) is 5. The van der Waals surface area contributed by atoms with Gasteiger partial charge in [-0.15, -0.1) is 0 Å². The number of quaternary nitrogens is 1. The van der Waals surface area contributed by atoms with Gasteiger partial charge in [0.25, 0.3) is 0 Å². The number of aliphatic hydroxyl groups excluding tert-OH is 1. The third kappa shape index (κ3) is 66.0. The minimum absolute atomic E-state index is 0.0494. The van der Waals surface area contributed by atoms with Crippen LogP contribution < -0.4 is 5.32 Å². The highest BCUT2D eigenvalue weighted by molar-refractivity contribution is 7.47. The smallest absolute Gasteiger partial charge is 0.387 e. The molecule has 0 aliphatic carbocycles. The van der Waals surface area contributed by atoms with Gasteiger partial charge < -0.3 is 19.8 Å². The lowest BCUT2D eigenvalue weighted by molar-refractivity contribution is -0.870. The molecule has 3 N–H and O–H groups in total. The lowest BCUT2D eigenvalue weighted by Gasteiger charge is -2.25. The molecule has 0 aliphatic rings. The molecule has 83 heavy (non-hydrogen) atoms. The van der Waals surface area contributed by atoms with Crippen LogP contribution in [0.2, 0.25) is 0 Å². The maximum atomic E-state index is 13.0. The van der Waals surface area contributed by atoms with Gasteiger partial charge >= 0.3 is 7.82 Å². The van der Waals surface area contributed by atoms with Crippen LogP contribution in [0.15, 0.2) is 134 Å². The predicted molar refractivity (Wildman–Crippen MR) is 364 cm³/mol. The highest BCUT2D eigenvalue weighted by Gasteiger charge is 2.28. The minimum Gasteiger partial charge on any atom is -0.387 e. The van der Waals surface area contributed by atoms with Gasteiger partial charge in [0.1, 0.15) is 13.2 Å². The maximum Gasteiger partial charge on any atom is 0.472 e. The summed E-state index contributed by atoms with van der Waals surface area (Å²) in [6.07, 6.45) is 95.8. The van der Waals surface area contributed by atoms with Crippen LogP contribution >= 0.6 is 7.82 Å². The third-order valence-corrected chi connectivity index (χ3v) is 15.6. The average Bonchev–Trinajstić information content (AvgIpc) is 3.49. The van der Waals surface area contributed by atoms with Gasteiger partial charge in [0.2, 0.25) is 5.91 Å².